The maximum atomic E-state index is 12.6. The summed E-state index contributed by atoms with van der Waals surface area (Å²) >= 11 is 0. The number of ketones is 2. The standard InChI is InChI=1S/C20H12N2O2/c23-19-17-11-21-7-3-1-5-13(21)9-15(17)16-10-14-6-2-4-8-22(14)12-18(16)20(19)24/h1-12H/q+2. The molecule has 4 aromatic heterocycles. The number of hydrogen-bond acceptors (Lipinski definition) is 2. The Morgan fingerprint density at radius 3 is 1.50 bits per heavy atom. The first kappa shape index (κ1) is 13.1. The second-order valence-electron chi connectivity index (χ2n) is 5.93. The minimum absolute atomic E-state index is 0.452. The summed E-state index contributed by atoms with van der Waals surface area (Å²) in [6.07, 6.45) is 7.24. The van der Waals surface area contributed by atoms with Gasteiger partial charge < -0.3 is 0 Å². The molecule has 0 atom stereocenters. The Kier molecular flexibility index (Phi) is 2.48. The maximum Gasteiger partial charge on any atom is 0.240 e. The van der Waals surface area contributed by atoms with Gasteiger partial charge in [-0.1, -0.05) is 0 Å². The van der Waals surface area contributed by atoms with Crippen LogP contribution < -0.4 is 8.80 Å². The number of fused-ring (bicyclic) bond motifs is 5. The Labute approximate surface area is 137 Å². The first-order valence-electron chi connectivity index (χ1n) is 7.70. The SMILES string of the molecule is O=C1C(=O)c2c[n+]3ccccc3cc2-c2cc3cccc[n+]3cc21. The minimum Gasteiger partial charge on any atom is -0.285 e. The van der Waals surface area contributed by atoms with Crippen LogP contribution in [0.2, 0.25) is 0 Å². The van der Waals surface area contributed by atoms with Crippen LogP contribution in [-0.2, 0) is 0 Å². The van der Waals surface area contributed by atoms with Crippen molar-refractivity contribution >= 4 is 22.6 Å². The van der Waals surface area contributed by atoms with Crippen LogP contribution in [0.3, 0.4) is 0 Å². The number of Topliss-reactive ketones (excluding diaryl/α,β-unsaturated/α-hetero) is 2. The number of carbonyl (C=O) groups is 2. The third-order valence-electron chi connectivity index (χ3n) is 4.53. The molecule has 0 aliphatic heterocycles. The second kappa shape index (κ2) is 4.55. The van der Waals surface area contributed by atoms with Crippen molar-refractivity contribution in [1.29, 1.82) is 0 Å². The van der Waals surface area contributed by atoms with Crippen LogP contribution >= 0.6 is 0 Å². The van der Waals surface area contributed by atoms with Gasteiger partial charge in [-0.05, 0) is 12.1 Å². The van der Waals surface area contributed by atoms with Crippen molar-refractivity contribution in [1.82, 2.24) is 0 Å². The second-order valence-corrected chi connectivity index (χ2v) is 5.93. The molecule has 24 heavy (non-hydrogen) atoms. The summed E-state index contributed by atoms with van der Waals surface area (Å²) in [5, 5.41) is 0. The van der Waals surface area contributed by atoms with Gasteiger partial charge >= 0.3 is 0 Å². The van der Waals surface area contributed by atoms with Crippen LogP contribution in [0.15, 0.2) is 73.3 Å². The molecule has 0 unspecified atom stereocenters. The summed E-state index contributed by atoms with van der Waals surface area (Å²) in [4.78, 5) is 25.2. The Hall–Kier alpha value is -3.40. The fourth-order valence-corrected chi connectivity index (χ4v) is 3.34. The molecule has 0 saturated carbocycles. The normalized spacial score (nSPS) is 13.2. The van der Waals surface area contributed by atoms with Gasteiger partial charge in [0, 0.05) is 47.5 Å². The summed E-state index contributed by atoms with van der Waals surface area (Å²) < 4.78 is 3.73. The Balaban J connectivity index is 1.93. The van der Waals surface area contributed by atoms with Gasteiger partial charge in [-0.3, -0.25) is 9.59 Å². The predicted molar refractivity (Wildman–Crippen MR) is 86.9 cm³/mol. The van der Waals surface area contributed by atoms with Gasteiger partial charge in [-0.15, -0.1) is 0 Å². The number of carbonyl (C=O) groups excluding carboxylic acids is 2. The molecule has 0 radical (unpaired) electrons. The molecular formula is C20H12N2O2+2. The molecule has 0 N–H and O–H groups in total. The van der Waals surface area contributed by atoms with Gasteiger partial charge in [0.2, 0.25) is 22.6 Å². The van der Waals surface area contributed by atoms with Crippen molar-refractivity contribution < 1.29 is 18.4 Å². The first-order chi connectivity index (χ1) is 11.7. The highest BCUT2D eigenvalue weighted by Gasteiger charge is 2.35. The van der Waals surface area contributed by atoms with E-state index in [0.29, 0.717) is 11.1 Å². The summed E-state index contributed by atoms with van der Waals surface area (Å²) in [6.45, 7) is 0. The van der Waals surface area contributed by atoms with E-state index >= 15 is 0 Å². The molecule has 0 bridgehead atoms. The molecule has 4 nitrogen and oxygen atoms in total. The van der Waals surface area contributed by atoms with Crippen LogP contribution in [-0.4, -0.2) is 11.6 Å². The van der Waals surface area contributed by atoms with Crippen LogP contribution in [0.1, 0.15) is 20.7 Å². The monoisotopic (exact) mass is 312 g/mol. The summed E-state index contributed by atoms with van der Waals surface area (Å²) in [6, 6.07) is 15.6. The van der Waals surface area contributed by atoms with Crippen molar-refractivity contribution in [3.05, 3.63) is 84.4 Å². The first-order valence-corrected chi connectivity index (χ1v) is 7.70. The van der Waals surface area contributed by atoms with Gasteiger partial charge in [-0.25, -0.2) is 0 Å². The van der Waals surface area contributed by atoms with Crippen LogP contribution in [0.5, 0.6) is 0 Å². The fraction of sp³-hybridized carbons (Fsp3) is 0. The molecule has 4 heteroatoms. The van der Waals surface area contributed by atoms with Crippen LogP contribution in [0.25, 0.3) is 22.2 Å². The molecule has 0 fully saturated rings. The average Bonchev–Trinajstić information content (AvgIpc) is 2.64. The molecule has 0 amide bonds. The highest BCUT2D eigenvalue weighted by atomic mass is 16.2. The maximum absolute atomic E-state index is 12.6. The number of nitrogens with zero attached hydrogens (tertiary/aromatic N) is 2. The van der Waals surface area contributed by atoms with Crippen molar-refractivity contribution in [2.75, 3.05) is 0 Å². The van der Waals surface area contributed by atoms with Gasteiger partial charge in [0.25, 0.3) is 0 Å². The molecule has 0 saturated heterocycles. The van der Waals surface area contributed by atoms with Gasteiger partial charge in [0.05, 0.1) is 11.1 Å². The average molecular weight is 312 g/mol. The minimum atomic E-state index is -0.452. The van der Waals surface area contributed by atoms with E-state index < -0.39 is 11.6 Å². The summed E-state index contributed by atoms with van der Waals surface area (Å²) in [5.74, 6) is -0.904. The lowest BCUT2D eigenvalue weighted by Crippen LogP contribution is -2.31. The molecule has 1 aliphatic carbocycles. The number of aromatic nitrogens is 2. The molecular weight excluding hydrogens is 300 g/mol. The van der Waals surface area contributed by atoms with E-state index in [2.05, 4.69) is 0 Å². The van der Waals surface area contributed by atoms with E-state index in [-0.39, 0.29) is 0 Å². The Morgan fingerprint density at radius 1 is 0.583 bits per heavy atom. The van der Waals surface area contributed by atoms with Crippen molar-refractivity contribution in [3.63, 3.8) is 0 Å². The van der Waals surface area contributed by atoms with Crippen molar-refractivity contribution in [3.8, 4) is 11.1 Å². The highest BCUT2D eigenvalue weighted by molar-refractivity contribution is 6.52. The molecule has 0 aromatic carbocycles. The van der Waals surface area contributed by atoms with Crippen LogP contribution in [0, 0.1) is 0 Å². The van der Waals surface area contributed by atoms with Crippen LogP contribution in [0.4, 0.5) is 0 Å². The van der Waals surface area contributed by atoms with Crippen molar-refractivity contribution in [2.45, 2.75) is 0 Å². The van der Waals surface area contributed by atoms with E-state index in [1.54, 1.807) is 12.4 Å². The zero-order valence-electron chi connectivity index (χ0n) is 12.6. The largest absolute Gasteiger partial charge is 0.285 e. The van der Waals surface area contributed by atoms with E-state index in [1.165, 1.54) is 0 Å². The molecule has 1 aliphatic rings. The Morgan fingerprint density at radius 2 is 1.04 bits per heavy atom. The van der Waals surface area contributed by atoms with Crippen molar-refractivity contribution in [2.24, 2.45) is 0 Å². The lowest BCUT2D eigenvalue weighted by atomic mass is 9.85. The summed E-state index contributed by atoms with van der Waals surface area (Å²) in [7, 11) is 0. The third-order valence-corrected chi connectivity index (χ3v) is 4.53. The van der Waals surface area contributed by atoms with E-state index in [1.807, 2.05) is 69.7 Å². The Bertz CT molecular complexity index is 1100. The van der Waals surface area contributed by atoms with E-state index in [0.717, 1.165) is 22.2 Å². The fourth-order valence-electron chi connectivity index (χ4n) is 3.34. The topological polar surface area (TPSA) is 42.3 Å². The molecule has 112 valence electrons. The zero-order chi connectivity index (χ0) is 16.3. The van der Waals surface area contributed by atoms with Gasteiger partial charge in [0.15, 0.2) is 24.8 Å². The smallest absolute Gasteiger partial charge is 0.240 e. The van der Waals surface area contributed by atoms with Gasteiger partial charge in [0.1, 0.15) is 0 Å². The number of rotatable bonds is 0. The predicted octanol–water partition coefficient (Wildman–Crippen LogP) is 2.21. The zero-order valence-corrected chi connectivity index (χ0v) is 12.6. The highest BCUT2D eigenvalue weighted by Crippen LogP contribution is 2.33. The number of pyridine rings is 4. The molecule has 5 rings (SSSR count). The third kappa shape index (κ3) is 1.68. The van der Waals surface area contributed by atoms with E-state index in [4.69, 9.17) is 0 Å². The molecule has 4 aromatic rings. The lowest BCUT2D eigenvalue weighted by molar-refractivity contribution is -0.512. The number of hydrogen-bond donors (Lipinski definition) is 0. The van der Waals surface area contributed by atoms with Gasteiger partial charge in [-0.2, -0.15) is 8.80 Å². The quantitative estimate of drug-likeness (QED) is 0.369. The molecule has 0 spiro atoms. The molecule has 4 heterocycles. The summed E-state index contributed by atoms with van der Waals surface area (Å²) in [5.41, 5.74) is 4.49. The lowest BCUT2D eigenvalue weighted by Gasteiger charge is -2.15. The van der Waals surface area contributed by atoms with E-state index in [9.17, 15) is 9.59 Å².